The van der Waals surface area contributed by atoms with Crippen molar-refractivity contribution in [3.63, 3.8) is 0 Å². The molecule has 7 rings (SSSR count). The molecule has 10 nitrogen and oxygen atoms in total. The summed E-state index contributed by atoms with van der Waals surface area (Å²) in [5.41, 5.74) is 0. The van der Waals surface area contributed by atoms with E-state index in [2.05, 4.69) is 0 Å². The maximum atomic E-state index is 11.8. The van der Waals surface area contributed by atoms with Crippen molar-refractivity contribution in [2.75, 3.05) is 0 Å². The standard InChI is InChI=1S/7C5H5FN.BO3.4FH/c7*6-7-4-2-1-3-5-7;2-1(3)4;;;;/h7*1-5H;;4*1H/q7*+1;-3;;;;/p-4. The lowest BCUT2D eigenvalue weighted by Crippen LogP contribution is -3.00. The molecule has 308 valence electrons. The second-order valence-electron chi connectivity index (χ2n) is 8.83. The van der Waals surface area contributed by atoms with Gasteiger partial charge in [-0.2, -0.15) is 0 Å². The van der Waals surface area contributed by atoms with Gasteiger partial charge in [0.2, 0.25) is 86.8 Å². The summed E-state index contributed by atoms with van der Waals surface area (Å²) in [6.45, 7) is 0. The smallest absolute Gasteiger partial charge is 0.218 e. The van der Waals surface area contributed by atoms with Crippen LogP contribution >= 0.6 is 0 Å². The van der Waals surface area contributed by atoms with Crippen LogP contribution in [0.15, 0.2) is 214 Å². The van der Waals surface area contributed by atoms with Crippen molar-refractivity contribution < 1.29 is 98.8 Å². The Morgan fingerprint density at radius 2 is 0.281 bits per heavy atom. The summed E-state index contributed by atoms with van der Waals surface area (Å²) in [6, 6.07) is 35.1. The molecule has 7 heterocycles. The lowest BCUT2D eigenvalue weighted by atomic mass is 10.3. The number of hydrogen-bond donors (Lipinski definition) is 0. The molecular formula is C35H35BF11N7O3. The highest BCUT2D eigenvalue weighted by molar-refractivity contribution is 6.24. The van der Waals surface area contributed by atoms with Gasteiger partial charge in [0, 0.05) is 118 Å². The van der Waals surface area contributed by atoms with Crippen molar-refractivity contribution in [1.29, 1.82) is 0 Å². The normalized spacial score (nSPS) is 7.96. The minimum absolute atomic E-state index is 0. The molecule has 0 radical (unpaired) electrons. The average molecular weight is 822 g/mol. The van der Waals surface area contributed by atoms with E-state index in [9.17, 15) is 31.4 Å². The summed E-state index contributed by atoms with van der Waals surface area (Å²) in [6.07, 6.45) is 18.7. The van der Waals surface area contributed by atoms with Gasteiger partial charge in [-0.05, 0) is 0 Å². The van der Waals surface area contributed by atoms with E-state index >= 15 is 0 Å². The van der Waals surface area contributed by atoms with E-state index in [4.69, 9.17) is 15.1 Å². The molecule has 0 fully saturated rings. The molecule has 7 aromatic heterocycles. The molecule has 22 heteroatoms. The predicted molar refractivity (Wildman–Crippen MR) is 168 cm³/mol. The van der Waals surface area contributed by atoms with Gasteiger partial charge in [0.1, 0.15) is 0 Å². The first-order valence-corrected chi connectivity index (χ1v) is 14.8. The fourth-order valence-corrected chi connectivity index (χ4v) is 2.64. The SMILES string of the molecule is F[n+]1ccccc1.F[n+]1ccccc1.F[n+]1ccccc1.F[n+]1ccccc1.F[n+]1ccccc1.F[n+]1ccccc1.F[n+]1ccccc1.[F-].[F-].[F-].[F-].[O-]B([O-])[O-]. The van der Waals surface area contributed by atoms with Gasteiger partial charge in [-0.1, -0.05) is 42.5 Å². The fraction of sp³-hybridized carbons (Fsp3) is 0. The van der Waals surface area contributed by atoms with Crippen LogP contribution in [-0.2, 0) is 0 Å². The van der Waals surface area contributed by atoms with Crippen molar-refractivity contribution in [3.8, 4) is 0 Å². The molecule has 7 aromatic rings. The van der Waals surface area contributed by atoms with E-state index in [1.807, 2.05) is 0 Å². The Kier molecular flexibility index (Phi) is 43.8. The van der Waals surface area contributed by atoms with Crippen molar-refractivity contribution in [1.82, 2.24) is 0 Å². The molecule has 0 aliphatic heterocycles. The Labute approximate surface area is 320 Å². The Morgan fingerprint density at radius 3 is 0.316 bits per heavy atom. The van der Waals surface area contributed by atoms with Crippen LogP contribution in [0, 0.1) is 0 Å². The highest BCUT2D eigenvalue weighted by Gasteiger charge is 1.90. The van der Waals surface area contributed by atoms with Crippen LogP contribution in [0.25, 0.3) is 0 Å². The van der Waals surface area contributed by atoms with Gasteiger partial charge in [-0.25, -0.2) is 0 Å². The topological polar surface area (TPSA) is 96.3 Å². The van der Waals surface area contributed by atoms with Crippen LogP contribution in [0.2, 0.25) is 0 Å². The van der Waals surface area contributed by atoms with Crippen LogP contribution in [0.1, 0.15) is 0 Å². The van der Waals surface area contributed by atoms with Gasteiger partial charge in [-0.15, -0.1) is 0 Å². The highest BCUT2D eigenvalue weighted by atomic mass is 19.2. The summed E-state index contributed by atoms with van der Waals surface area (Å²) in [5.74, 6) is 0. The van der Waals surface area contributed by atoms with Gasteiger partial charge in [0.25, 0.3) is 0 Å². The third-order valence-corrected chi connectivity index (χ3v) is 4.75. The lowest BCUT2D eigenvalue weighted by Gasteiger charge is -2.35. The number of rotatable bonds is 0. The van der Waals surface area contributed by atoms with Crippen molar-refractivity contribution in [3.05, 3.63) is 214 Å². The maximum absolute atomic E-state index is 11.8. The summed E-state index contributed by atoms with van der Waals surface area (Å²) < 4.78 is 82.8. The molecule has 0 aliphatic carbocycles. The fourth-order valence-electron chi connectivity index (χ4n) is 2.64. The van der Waals surface area contributed by atoms with Crippen LogP contribution < -0.4 is 67.4 Å². The zero-order valence-corrected chi connectivity index (χ0v) is 29.3. The molecule has 0 spiro atoms. The largest absolute Gasteiger partial charge is 1.00 e. The number of hydrogen-bond acceptors (Lipinski definition) is 3. The molecular weight excluding hydrogens is 786 g/mol. The predicted octanol–water partition coefficient (Wildman–Crippen LogP) is -11.0. The molecule has 0 aromatic carbocycles. The second-order valence-corrected chi connectivity index (χ2v) is 8.83. The molecule has 0 unspecified atom stereocenters. The maximum Gasteiger partial charge on any atom is 0.218 e. The molecule has 0 N–H and O–H groups in total. The third-order valence-electron chi connectivity index (χ3n) is 4.75. The number of pyridine rings is 7. The van der Waals surface area contributed by atoms with Crippen LogP contribution in [0.5, 0.6) is 0 Å². The lowest BCUT2D eigenvalue weighted by molar-refractivity contribution is -0.843. The number of aromatic nitrogens is 7. The average Bonchev–Trinajstić information content (AvgIpc) is 3.15. The van der Waals surface area contributed by atoms with Crippen molar-refractivity contribution in [2.24, 2.45) is 0 Å². The van der Waals surface area contributed by atoms with E-state index in [1.165, 1.54) is 86.8 Å². The molecule has 0 saturated carbocycles. The van der Waals surface area contributed by atoms with Gasteiger partial charge in [0.15, 0.2) is 0 Å². The zero-order valence-electron chi connectivity index (χ0n) is 29.3. The first-order chi connectivity index (χ1) is 25.5. The Hall–Kier alpha value is -6.78. The molecule has 57 heavy (non-hydrogen) atoms. The summed E-state index contributed by atoms with van der Waals surface area (Å²) in [5, 5.41) is 25.2. The van der Waals surface area contributed by atoms with Gasteiger partial charge >= 0.3 is 0 Å². The minimum Gasteiger partial charge on any atom is -1.00 e. The van der Waals surface area contributed by atoms with Gasteiger partial charge in [0.05, 0.1) is 31.4 Å². The van der Waals surface area contributed by atoms with Crippen LogP contribution in [0.4, 0.5) is 31.4 Å². The molecule has 0 atom stereocenters. The van der Waals surface area contributed by atoms with Gasteiger partial charge < -0.3 is 33.9 Å². The minimum atomic E-state index is -2.92. The summed E-state index contributed by atoms with van der Waals surface area (Å²) >= 11 is 0. The highest BCUT2D eigenvalue weighted by Crippen LogP contribution is 1.77. The summed E-state index contributed by atoms with van der Waals surface area (Å²) in [7, 11) is -2.92. The van der Waals surface area contributed by atoms with E-state index in [0.717, 1.165) is 0 Å². The van der Waals surface area contributed by atoms with E-state index < -0.39 is 7.32 Å². The number of halogens is 11. The summed E-state index contributed by atoms with van der Waals surface area (Å²) in [4.78, 5) is 3.50. The zero-order chi connectivity index (χ0) is 39.4. The van der Waals surface area contributed by atoms with E-state index in [-0.39, 0.29) is 18.8 Å². The third kappa shape index (κ3) is 45.3. The Morgan fingerprint density at radius 1 is 0.211 bits per heavy atom. The number of nitrogens with zero attached hydrogens (tertiary/aromatic N) is 7. The van der Waals surface area contributed by atoms with Crippen molar-refractivity contribution >= 4 is 7.32 Å². The van der Waals surface area contributed by atoms with Crippen LogP contribution in [0.3, 0.4) is 0 Å². The Balaban J connectivity index is -0.000000180. The van der Waals surface area contributed by atoms with E-state index in [0.29, 0.717) is 33.5 Å². The Bertz CT molecular complexity index is 1410. The monoisotopic (exact) mass is 821 g/mol. The van der Waals surface area contributed by atoms with Crippen LogP contribution in [-0.4, -0.2) is 7.32 Å². The quantitative estimate of drug-likeness (QED) is 0.113. The first-order valence-electron chi connectivity index (χ1n) is 14.8. The van der Waals surface area contributed by atoms with E-state index in [1.54, 1.807) is 127 Å². The van der Waals surface area contributed by atoms with Gasteiger partial charge in [-0.3, -0.25) is 7.32 Å². The second kappa shape index (κ2) is 42.0. The molecule has 0 saturated heterocycles. The first kappa shape index (κ1) is 59.5. The molecule has 0 bridgehead atoms. The molecule has 0 aliphatic rings. The molecule has 0 amide bonds. The van der Waals surface area contributed by atoms with Crippen molar-refractivity contribution in [2.45, 2.75) is 0 Å².